The number of carbonyl (C=O) groups excluding carboxylic acids is 2. The molecule has 2 amide bonds. The minimum Gasteiger partial charge on any atom is -0.391 e. The van der Waals surface area contributed by atoms with Crippen LogP contribution in [0, 0.1) is 19.8 Å². The van der Waals surface area contributed by atoms with Crippen LogP contribution in [0.4, 0.5) is 0 Å². The molecule has 0 radical (unpaired) electrons. The Morgan fingerprint density at radius 1 is 1.27 bits per heavy atom. The molecule has 2 aliphatic heterocycles. The maximum Gasteiger partial charge on any atom is 0.277 e. The maximum absolute atomic E-state index is 13.7. The number of aromatic nitrogens is 3. The van der Waals surface area contributed by atoms with Crippen molar-refractivity contribution in [2.75, 3.05) is 6.54 Å². The van der Waals surface area contributed by atoms with E-state index in [-0.39, 0.29) is 36.6 Å². The van der Waals surface area contributed by atoms with Crippen LogP contribution in [0.1, 0.15) is 56.1 Å². The number of aliphatic hydroxyl groups excluding tert-OH is 1. The molecular weight excluding hydrogens is 492 g/mol. The normalized spacial score (nSPS) is 24.5. The van der Waals surface area contributed by atoms with E-state index in [9.17, 15) is 14.7 Å². The minimum atomic E-state index is -1.08. The molecule has 2 aliphatic rings. The summed E-state index contributed by atoms with van der Waals surface area (Å²) in [4.78, 5) is 42.5. The fourth-order valence-corrected chi connectivity index (χ4v) is 5.87. The van der Waals surface area contributed by atoms with Crippen molar-refractivity contribution in [3.8, 4) is 10.4 Å². The van der Waals surface area contributed by atoms with Crippen molar-refractivity contribution in [1.82, 2.24) is 25.3 Å². The Labute approximate surface area is 218 Å². The number of β-amino-alcohol motifs (C(OH)–C–C–N with tert-alkyl or cyclic N) is 1. The predicted octanol–water partition coefficient (Wildman–Crippen LogP) is 2.96. The standard InChI is InChI=1S/C26H30N6O4S/c1-13(2)20(23-28-15(4)31-36-23)24(34)32-11-18(33)10-19(32)22-29-25(35)26(5,30-22)17-8-6-16(7-9-17)21-14(3)27-12-37-21/h6-9,12-13,18-20,33H,10-11H2,1-5H3,(H,29,30,35)/t18-,19+,20?,26+/m1/s1. The van der Waals surface area contributed by atoms with E-state index < -0.39 is 23.6 Å². The highest BCUT2D eigenvalue weighted by atomic mass is 32.1. The van der Waals surface area contributed by atoms with Gasteiger partial charge in [-0.25, -0.2) is 4.98 Å². The number of thiazole rings is 1. The summed E-state index contributed by atoms with van der Waals surface area (Å²) in [5, 5.41) is 17.6. The van der Waals surface area contributed by atoms with Crippen molar-refractivity contribution in [2.45, 2.75) is 64.6 Å². The van der Waals surface area contributed by atoms with Crippen LogP contribution in [-0.4, -0.2) is 61.5 Å². The molecule has 0 saturated carbocycles. The van der Waals surface area contributed by atoms with Gasteiger partial charge < -0.3 is 19.8 Å². The number of aliphatic hydroxyl groups is 1. The molecule has 0 spiro atoms. The number of aliphatic imine (C=N–C) groups is 1. The molecule has 37 heavy (non-hydrogen) atoms. The molecule has 2 aromatic heterocycles. The highest BCUT2D eigenvalue weighted by Crippen LogP contribution is 2.35. The largest absolute Gasteiger partial charge is 0.391 e. The molecule has 1 saturated heterocycles. The highest BCUT2D eigenvalue weighted by Gasteiger charge is 2.48. The van der Waals surface area contributed by atoms with E-state index in [1.807, 2.05) is 50.5 Å². The molecular formula is C26H30N6O4S. The number of nitrogens with zero attached hydrogens (tertiary/aromatic N) is 5. The summed E-state index contributed by atoms with van der Waals surface area (Å²) in [6.07, 6.45) is -0.461. The summed E-state index contributed by atoms with van der Waals surface area (Å²) in [6, 6.07) is 7.21. The molecule has 1 fully saturated rings. The van der Waals surface area contributed by atoms with Gasteiger partial charge in [-0.05, 0) is 37.8 Å². The Bertz CT molecular complexity index is 1360. The summed E-state index contributed by atoms with van der Waals surface area (Å²) in [6.45, 7) is 9.41. The Morgan fingerprint density at radius 2 is 2.00 bits per heavy atom. The molecule has 1 unspecified atom stereocenters. The van der Waals surface area contributed by atoms with Crippen LogP contribution >= 0.6 is 11.3 Å². The SMILES string of the molecule is Cc1noc(C(C(=O)N2C[C@H](O)C[C@H]2C2=NC(=O)[C@](C)(c3ccc(-c4scnc4C)cc3)N2)C(C)C)n1. The van der Waals surface area contributed by atoms with E-state index in [0.29, 0.717) is 11.7 Å². The number of hydrogen-bond donors (Lipinski definition) is 2. The van der Waals surface area contributed by atoms with Crippen LogP contribution in [0.3, 0.4) is 0 Å². The fraction of sp³-hybridized carbons (Fsp3) is 0.462. The lowest BCUT2D eigenvalue weighted by molar-refractivity contribution is -0.134. The van der Waals surface area contributed by atoms with Crippen molar-refractivity contribution < 1.29 is 19.2 Å². The number of nitrogens with one attached hydrogen (secondary N) is 1. The van der Waals surface area contributed by atoms with Gasteiger partial charge in [-0.2, -0.15) is 9.98 Å². The van der Waals surface area contributed by atoms with Crippen molar-refractivity contribution in [3.63, 3.8) is 0 Å². The smallest absolute Gasteiger partial charge is 0.277 e. The molecule has 3 aromatic rings. The van der Waals surface area contributed by atoms with Gasteiger partial charge in [0.05, 0.1) is 28.2 Å². The molecule has 2 N–H and O–H groups in total. The van der Waals surface area contributed by atoms with Gasteiger partial charge >= 0.3 is 0 Å². The zero-order valence-electron chi connectivity index (χ0n) is 21.4. The lowest BCUT2D eigenvalue weighted by Gasteiger charge is -2.30. The first-order chi connectivity index (χ1) is 17.6. The van der Waals surface area contributed by atoms with Gasteiger partial charge in [0, 0.05) is 13.0 Å². The number of carbonyl (C=O) groups is 2. The molecule has 4 atom stereocenters. The van der Waals surface area contributed by atoms with E-state index in [4.69, 9.17) is 4.52 Å². The Balaban J connectivity index is 1.39. The minimum absolute atomic E-state index is 0.114. The topological polar surface area (TPSA) is 134 Å². The molecule has 4 heterocycles. The van der Waals surface area contributed by atoms with Gasteiger partial charge in [0.15, 0.2) is 5.82 Å². The van der Waals surface area contributed by atoms with Gasteiger partial charge in [0.2, 0.25) is 11.8 Å². The first-order valence-corrected chi connectivity index (χ1v) is 13.2. The van der Waals surface area contributed by atoms with Gasteiger partial charge in [0.1, 0.15) is 17.3 Å². The first-order valence-electron chi connectivity index (χ1n) is 12.3. The van der Waals surface area contributed by atoms with Crippen molar-refractivity contribution >= 4 is 29.0 Å². The average molecular weight is 523 g/mol. The summed E-state index contributed by atoms with van der Waals surface area (Å²) in [5.74, 6) is -0.287. The summed E-state index contributed by atoms with van der Waals surface area (Å²) < 4.78 is 5.33. The van der Waals surface area contributed by atoms with Gasteiger partial charge in [-0.3, -0.25) is 9.59 Å². The van der Waals surface area contributed by atoms with Crippen LogP contribution in [-0.2, 0) is 15.1 Å². The third-order valence-electron chi connectivity index (χ3n) is 7.12. The maximum atomic E-state index is 13.7. The number of aryl methyl sites for hydroxylation is 2. The summed E-state index contributed by atoms with van der Waals surface area (Å²) >= 11 is 1.57. The van der Waals surface area contributed by atoms with Crippen molar-refractivity contribution in [1.29, 1.82) is 0 Å². The second kappa shape index (κ2) is 9.46. The molecule has 10 nitrogen and oxygen atoms in total. The summed E-state index contributed by atoms with van der Waals surface area (Å²) in [5.41, 5.74) is 3.49. The Morgan fingerprint density at radius 3 is 2.59 bits per heavy atom. The zero-order chi connectivity index (χ0) is 26.5. The lowest BCUT2D eigenvalue weighted by Crippen LogP contribution is -2.51. The fourth-order valence-electron chi connectivity index (χ4n) is 5.06. The number of amidine groups is 1. The van der Waals surface area contributed by atoms with Crippen LogP contribution in [0.15, 0.2) is 39.3 Å². The van der Waals surface area contributed by atoms with E-state index in [1.165, 1.54) is 0 Å². The predicted molar refractivity (Wildman–Crippen MR) is 138 cm³/mol. The number of amides is 2. The molecule has 0 aliphatic carbocycles. The third-order valence-corrected chi connectivity index (χ3v) is 8.10. The second-order valence-corrected chi connectivity index (χ2v) is 11.0. The molecule has 1 aromatic carbocycles. The quantitative estimate of drug-likeness (QED) is 0.505. The second-order valence-electron chi connectivity index (χ2n) is 10.2. The van der Waals surface area contributed by atoms with Crippen LogP contribution in [0.25, 0.3) is 10.4 Å². The van der Waals surface area contributed by atoms with Gasteiger partial charge in [0.25, 0.3) is 5.91 Å². The first kappa shape index (κ1) is 25.2. The van der Waals surface area contributed by atoms with Crippen LogP contribution in [0.2, 0.25) is 0 Å². The van der Waals surface area contributed by atoms with E-state index >= 15 is 0 Å². The van der Waals surface area contributed by atoms with E-state index in [0.717, 1.165) is 21.7 Å². The van der Waals surface area contributed by atoms with Crippen LogP contribution < -0.4 is 5.32 Å². The van der Waals surface area contributed by atoms with Crippen molar-refractivity contribution in [3.05, 3.63) is 52.7 Å². The van der Waals surface area contributed by atoms with E-state index in [1.54, 1.807) is 30.1 Å². The molecule has 11 heteroatoms. The Hall–Kier alpha value is -3.44. The van der Waals surface area contributed by atoms with Crippen molar-refractivity contribution in [2.24, 2.45) is 10.9 Å². The number of benzene rings is 1. The molecule has 0 bridgehead atoms. The van der Waals surface area contributed by atoms with Crippen LogP contribution in [0.5, 0.6) is 0 Å². The summed E-state index contributed by atoms with van der Waals surface area (Å²) in [7, 11) is 0. The Kier molecular flexibility index (Phi) is 6.45. The average Bonchev–Trinajstić information content (AvgIpc) is 3.62. The van der Waals surface area contributed by atoms with Gasteiger partial charge in [-0.15, -0.1) is 11.3 Å². The molecule has 5 rings (SSSR count). The highest BCUT2D eigenvalue weighted by molar-refractivity contribution is 7.13. The lowest BCUT2D eigenvalue weighted by atomic mass is 9.91. The molecule has 194 valence electrons. The monoisotopic (exact) mass is 522 g/mol. The van der Waals surface area contributed by atoms with E-state index in [2.05, 4.69) is 25.4 Å². The van der Waals surface area contributed by atoms with Gasteiger partial charge in [-0.1, -0.05) is 43.3 Å². The number of likely N-dealkylation sites (tertiary alicyclic amines) is 1. The number of hydrogen-bond acceptors (Lipinski definition) is 9. The zero-order valence-corrected chi connectivity index (χ0v) is 22.2. The number of rotatable bonds is 6. The third kappa shape index (κ3) is 4.46.